The molecule has 0 aromatic heterocycles. The van der Waals surface area contributed by atoms with Gasteiger partial charge in [-0.05, 0) is 47.5 Å². The zero-order chi connectivity index (χ0) is 32.8. The Balaban J connectivity index is 1.65. The summed E-state index contributed by atoms with van der Waals surface area (Å²) in [4.78, 5) is 53.6. The summed E-state index contributed by atoms with van der Waals surface area (Å²) in [6.07, 6.45) is -1.02. The largest absolute Gasteiger partial charge is 0.481 e. The number of rotatable bonds is 13. The summed E-state index contributed by atoms with van der Waals surface area (Å²) < 4.78 is 41.5. The normalized spacial score (nSPS) is 11.9. The number of carbonyl (C=O) groups excluding carboxylic acids is 3. The van der Waals surface area contributed by atoms with Gasteiger partial charge < -0.3 is 21.9 Å². The smallest absolute Gasteiger partial charge is 0.308 e. The first-order valence-corrected chi connectivity index (χ1v) is 13.7. The fourth-order valence-electron chi connectivity index (χ4n) is 4.21. The van der Waals surface area contributed by atoms with Gasteiger partial charge in [-0.2, -0.15) is 0 Å². The lowest BCUT2D eigenvalue weighted by atomic mass is 9.95. The van der Waals surface area contributed by atoms with Crippen LogP contribution in [-0.2, 0) is 15.5 Å². The van der Waals surface area contributed by atoms with Gasteiger partial charge in [0.25, 0.3) is 5.92 Å². The summed E-state index contributed by atoms with van der Waals surface area (Å²) in [7, 11) is 0. The molecule has 3 rings (SSSR count). The lowest BCUT2D eigenvalue weighted by Crippen LogP contribution is -2.34. The molecule has 1 atom stereocenters. The zero-order valence-corrected chi connectivity index (χ0v) is 24.7. The number of hydrogen-bond donors (Lipinski definition) is 4. The average Bonchev–Trinajstić information content (AvgIpc) is 2.92. The van der Waals surface area contributed by atoms with Gasteiger partial charge in [-0.15, -0.1) is 0 Å². The van der Waals surface area contributed by atoms with Gasteiger partial charge in [-0.1, -0.05) is 41.4 Å². The summed E-state index contributed by atoms with van der Waals surface area (Å²) in [5.41, 5.74) is 10.7. The number of nitrogens with zero attached hydrogens (tertiary/aromatic N) is 1. The molecule has 232 valence electrons. The van der Waals surface area contributed by atoms with Crippen LogP contribution in [0.3, 0.4) is 0 Å². The predicted octanol–water partition coefficient (Wildman–Crippen LogP) is 5.87. The Hall–Kier alpha value is -4.42. The summed E-state index contributed by atoms with van der Waals surface area (Å²) >= 11 is 12.6. The summed E-state index contributed by atoms with van der Waals surface area (Å²) in [5, 5.41) is 11.7. The molecular formula is C30H27Cl2F3N4O5. The molecule has 3 aromatic rings. The molecular weight excluding hydrogens is 624 g/mol. The summed E-state index contributed by atoms with van der Waals surface area (Å²) in [5.74, 6) is -9.22. The second-order valence-electron chi connectivity index (χ2n) is 9.87. The van der Waals surface area contributed by atoms with Crippen LogP contribution in [0.1, 0.15) is 52.5 Å². The van der Waals surface area contributed by atoms with Crippen LogP contribution in [0.2, 0.25) is 10.0 Å². The third-order valence-electron chi connectivity index (χ3n) is 6.43. The topological polar surface area (TPSA) is 165 Å². The molecule has 0 radical (unpaired) electrons. The first-order valence-electron chi connectivity index (χ1n) is 13.0. The van der Waals surface area contributed by atoms with Crippen LogP contribution in [0.4, 0.5) is 18.9 Å². The highest BCUT2D eigenvalue weighted by Gasteiger charge is 2.29. The molecule has 0 aliphatic heterocycles. The number of aliphatic imine (C=N–C) groups is 1. The van der Waals surface area contributed by atoms with Gasteiger partial charge in [0.1, 0.15) is 5.82 Å². The Labute approximate surface area is 260 Å². The number of guanidine groups is 1. The maximum absolute atomic E-state index is 13.9. The van der Waals surface area contributed by atoms with Gasteiger partial charge in [0.2, 0.25) is 5.91 Å². The lowest BCUT2D eigenvalue weighted by Gasteiger charge is -2.16. The van der Waals surface area contributed by atoms with Crippen molar-refractivity contribution in [1.29, 1.82) is 0 Å². The zero-order valence-electron chi connectivity index (χ0n) is 23.2. The Morgan fingerprint density at radius 3 is 2.20 bits per heavy atom. The number of benzene rings is 3. The van der Waals surface area contributed by atoms with E-state index in [4.69, 9.17) is 34.7 Å². The van der Waals surface area contributed by atoms with Crippen LogP contribution in [0, 0.1) is 11.7 Å². The quantitative estimate of drug-likeness (QED) is 0.102. The van der Waals surface area contributed by atoms with E-state index in [1.165, 1.54) is 30.3 Å². The molecule has 6 N–H and O–H groups in total. The number of nitrogens with one attached hydrogen (secondary N) is 1. The van der Waals surface area contributed by atoms with Crippen molar-refractivity contribution in [2.24, 2.45) is 22.4 Å². The van der Waals surface area contributed by atoms with Gasteiger partial charge in [-0.25, -0.2) is 18.2 Å². The van der Waals surface area contributed by atoms with E-state index in [-0.39, 0.29) is 56.9 Å². The molecule has 14 heteroatoms. The molecule has 0 spiro atoms. The SMILES string of the molecule is CC(F)(F)c1cc(-c2cc(Cl)c(C(=O)C[C@@H](CNC(=O)CCC(=O)c3cccc(N=C(N)N)c3)C(=O)O)c(Cl)c2)ccc1F. The average molecular weight is 651 g/mol. The molecule has 44 heavy (non-hydrogen) atoms. The van der Waals surface area contributed by atoms with E-state index < -0.39 is 53.8 Å². The van der Waals surface area contributed by atoms with Crippen molar-refractivity contribution in [2.45, 2.75) is 32.1 Å². The van der Waals surface area contributed by atoms with Crippen molar-refractivity contribution in [2.75, 3.05) is 6.54 Å². The molecule has 1 amide bonds. The first kappa shape index (κ1) is 34.1. The first-order chi connectivity index (χ1) is 20.6. The van der Waals surface area contributed by atoms with Crippen LogP contribution in [0.5, 0.6) is 0 Å². The van der Waals surface area contributed by atoms with Gasteiger partial charge in [0.15, 0.2) is 17.5 Å². The third-order valence-corrected chi connectivity index (χ3v) is 7.02. The number of alkyl halides is 2. The number of ketones is 2. The van der Waals surface area contributed by atoms with Crippen molar-refractivity contribution in [3.8, 4) is 11.1 Å². The summed E-state index contributed by atoms with van der Waals surface area (Å²) in [6, 6.07) is 11.7. The molecule has 0 bridgehead atoms. The third kappa shape index (κ3) is 9.04. The molecule has 0 saturated carbocycles. The number of carboxylic acid groups (broad SMARTS) is 1. The van der Waals surface area contributed by atoms with Crippen molar-refractivity contribution in [3.63, 3.8) is 0 Å². The fourth-order valence-corrected chi connectivity index (χ4v) is 4.91. The maximum atomic E-state index is 13.9. The Morgan fingerprint density at radius 1 is 0.955 bits per heavy atom. The van der Waals surface area contributed by atoms with Gasteiger partial charge in [-0.3, -0.25) is 19.2 Å². The van der Waals surface area contributed by atoms with Crippen molar-refractivity contribution in [1.82, 2.24) is 5.32 Å². The highest BCUT2D eigenvalue weighted by Crippen LogP contribution is 2.36. The van der Waals surface area contributed by atoms with E-state index in [1.54, 1.807) is 12.1 Å². The van der Waals surface area contributed by atoms with Gasteiger partial charge >= 0.3 is 5.97 Å². The summed E-state index contributed by atoms with van der Waals surface area (Å²) in [6.45, 7) is 0.125. The number of amides is 1. The molecule has 0 fully saturated rings. The van der Waals surface area contributed by atoms with Crippen molar-refractivity contribution < 1.29 is 37.5 Å². The molecule has 0 aliphatic rings. The maximum Gasteiger partial charge on any atom is 0.308 e. The Bertz CT molecular complexity index is 1620. The number of carboxylic acids is 1. The lowest BCUT2D eigenvalue weighted by molar-refractivity contribution is -0.141. The van der Waals surface area contributed by atoms with Crippen LogP contribution >= 0.6 is 23.2 Å². The number of Topliss-reactive ketones (excluding diaryl/α,β-unsaturated/α-hetero) is 2. The molecule has 0 aliphatic carbocycles. The van der Waals surface area contributed by atoms with Gasteiger partial charge in [0, 0.05) is 38.3 Å². The number of nitrogens with two attached hydrogens (primary N) is 2. The molecule has 0 unspecified atom stereocenters. The molecule has 0 heterocycles. The predicted molar refractivity (Wildman–Crippen MR) is 160 cm³/mol. The Kier molecular flexibility index (Phi) is 11.1. The van der Waals surface area contributed by atoms with E-state index in [1.807, 2.05) is 0 Å². The molecule has 0 saturated heterocycles. The molecule has 9 nitrogen and oxygen atoms in total. The highest BCUT2D eigenvalue weighted by atomic mass is 35.5. The standard InChI is InChI=1S/C30H27Cl2F3N4O5/c1-30(34,35)20-10-15(5-6-23(20)33)17-11-21(31)27(22(32)12-17)25(41)13-18(28(43)44)14-38-26(42)8-7-24(40)16-3-2-4-19(9-16)39-29(36)37/h2-6,9-12,18H,7-8,13-14H2,1H3,(H,38,42)(H,43,44)(H4,36,37,39)/t18-/m0/s1. The van der Waals surface area contributed by atoms with E-state index in [2.05, 4.69) is 10.3 Å². The Morgan fingerprint density at radius 2 is 1.61 bits per heavy atom. The van der Waals surface area contributed by atoms with E-state index >= 15 is 0 Å². The number of carbonyl (C=O) groups is 4. The van der Waals surface area contributed by atoms with Crippen molar-refractivity contribution >= 4 is 58.3 Å². The van der Waals surface area contributed by atoms with E-state index in [0.29, 0.717) is 12.6 Å². The fraction of sp³-hybridized carbons (Fsp3) is 0.233. The minimum Gasteiger partial charge on any atom is -0.481 e. The van der Waals surface area contributed by atoms with Crippen LogP contribution in [0.25, 0.3) is 11.1 Å². The van der Waals surface area contributed by atoms with Crippen molar-refractivity contribution in [3.05, 3.63) is 87.2 Å². The second kappa shape index (κ2) is 14.4. The van der Waals surface area contributed by atoms with Crippen LogP contribution in [0.15, 0.2) is 59.6 Å². The highest BCUT2D eigenvalue weighted by molar-refractivity contribution is 6.40. The van der Waals surface area contributed by atoms with E-state index in [9.17, 15) is 37.5 Å². The number of halogens is 5. The van der Waals surface area contributed by atoms with Crippen LogP contribution in [-0.4, -0.2) is 41.1 Å². The number of hydrogen-bond acceptors (Lipinski definition) is 5. The van der Waals surface area contributed by atoms with Gasteiger partial charge in [0.05, 0.1) is 32.8 Å². The van der Waals surface area contributed by atoms with Crippen LogP contribution < -0.4 is 16.8 Å². The van der Waals surface area contributed by atoms with E-state index in [0.717, 1.165) is 12.1 Å². The number of aliphatic carboxylic acids is 1. The molecule has 3 aromatic carbocycles. The minimum absolute atomic E-state index is 0.164. The monoisotopic (exact) mass is 650 g/mol. The minimum atomic E-state index is -3.46. The second-order valence-corrected chi connectivity index (χ2v) is 10.7.